The van der Waals surface area contributed by atoms with Crippen LogP contribution in [0.4, 0.5) is 19.0 Å². The third-order valence-electron chi connectivity index (χ3n) is 5.91. The molecule has 2 aromatic heterocycles. The van der Waals surface area contributed by atoms with Gasteiger partial charge in [0.1, 0.15) is 12.0 Å². The monoisotopic (exact) mass is 490 g/mol. The molecular formula is C24H25F3N4O4. The summed E-state index contributed by atoms with van der Waals surface area (Å²) in [6, 6.07) is 7.27. The van der Waals surface area contributed by atoms with E-state index in [4.69, 9.17) is 19.9 Å². The van der Waals surface area contributed by atoms with Crippen molar-refractivity contribution in [2.45, 2.75) is 38.6 Å². The van der Waals surface area contributed by atoms with Gasteiger partial charge in [-0.1, -0.05) is 0 Å². The number of ether oxygens (including phenoxy) is 3. The lowest BCUT2D eigenvalue weighted by molar-refractivity contribution is -0.137. The first-order valence-electron chi connectivity index (χ1n) is 10.9. The van der Waals surface area contributed by atoms with Gasteiger partial charge in [0.15, 0.2) is 0 Å². The first kappa shape index (κ1) is 24.8. The van der Waals surface area contributed by atoms with Crippen LogP contribution in [-0.2, 0) is 40.1 Å². The number of rotatable bonds is 8. The minimum Gasteiger partial charge on any atom is -0.385 e. The van der Waals surface area contributed by atoms with Crippen molar-refractivity contribution in [3.8, 4) is 0 Å². The van der Waals surface area contributed by atoms with Gasteiger partial charge in [0, 0.05) is 43.4 Å². The Bertz CT molecular complexity index is 1220. The van der Waals surface area contributed by atoms with Crippen LogP contribution in [0.15, 0.2) is 36.5 Å². The molecule has 0 saturated heterocycles. The SMILES string of the molecule is COCCC(OC)N(Cc1ccc(C(F)(F)F)cn1)C(=O)c1ccc2nc(N)c3c(c2c1)COC3. The number of carbonyl (C=O) groups excluding carboxylic acids is 1. The molecule has 3 aromatic rings. The molecule has 0 fully saturated rings. The fourth-order valence-electron chi connectivity index (χ4n) is 4.05. The van der Waals surface area contributed by atoms with Gasteiger partial charge in [-0.25, -0.2) is 4.98 Å². The maximum atomic E-state index is 13.7. The highest BCUT2D eigenvalue weighted by Crippen LogP contribution is 2.32. The molecule has 2 N–H and O–H groups in total. The van der Waals surface area contributed by atoms with Gasteiger partial charge in [-0.15, -0.1) is 0 Å². The van der Waals surface area contributed by atoms with E-state index in [0.29, 0.717) is 43.1 Å². The van der Waals surface area contributed by atoms with Crippen LogP contribution in [0.2, 0.25) is 0 Å². The van der Waals surface area contributed by atoms with E-state index in [2.05, 4.69) is 9.97 Å². The summed E-state index contributed by atoms with van der Waals surface area (Å²) in [6.45, 7) is 0.980. The molecule has 0 bridgehead atoms. The number of alkyl halides is 3. The van der Waals surface area contributed by atoms with E-state index >= 15 is 0 Å². The van der Waals surface area contributed by atoms with Crippen molar-refractivity contribution in [1.82, 2.24) is 14.9 Å². The summed E-state index contributed by atoms with van der Waals surface area (Å²) in [4.78, 5) is 23.4. The molecule has 0 radical (unpaired) electrons. The molecule has 11 heteroatoms. The van der Waals surface area contributed by atoms with E-state index in [-0.39, 0.29) is 18.1 Å². The lowest BCUT2D eigenvalue weighted by Gasteiger charge is -2.30. The Hall–Kier alpha value is -3.28. The first-order chi connectivity index (χ1) is 16.7. The number of amides is 1. The van der Waals surface area contributed by atoms with Crippen molar-refractivity contribution in [2.24, 2.45) is 0 Å². The summed E-state index contributed by atoms with van der Waals surface area (Å²) < 4.78 is 55.0. The van der Waals surface area contributed by atoms with E-state index in [0.717, 1.165) is 28.8 Å². The summed E-state index contributed by atoms with van der Waals surface area (Å²) in [7, 11) is 2.99. The van der Waals surface area contributed by atoms with Crippen LogP contribution in [-0.4, -0.2) is 47.8 Å². The second-order valence-electron chi connectivity index (χ2n) is 8.12. The summed E-state index contributed by atoms with van der Waals surface area (Å²) in [5.74, 6) is 0.0270. The van der Waals surface area contributed by atoms with E-state index in [1.54, 1.807) is 18.2 Å². The van der Waals surface area contributed by atoms with Gasteiger partial charge in [0.2, 0.25) is 0 Å². The van der Waals surface area contributed by atoms with Crippen molar-refractivity contribution in [2.75, 3.05) is 26.6 Å². The number of methoxy groups -OCH3 is 2. The second kappa shape index (κ2) is 10.1. The second-order valence-corrected chi connectivity index (χ2v) is 8.12. The third kappa shape index (κ3) is 5.21. The number of benzene rings is 1. The predicted octanol–water partition coefficient (Wildman–Crippen LogP) is 3.91. The Kier molecular flexibility index (Phi) is 7.20. The highest BCUT2D eigenvalue weighted by atomic mass is 19.4. The number of nitrogen functional groups attached to an aromatic ring is 1. The van der Waals surface area contributed by atoms with Gasteiger partial charge in [-0.05, 0) is 35.9 Å². The molecule has 3 heterocycles. The molecule has 1 aliphatic rings. The summed E-state index contributed by atoms with van der Waals surface area (Å²) in [5.41, 5.74) is 8.17. The van der Waals surface area contributed by atoms with Crippen LogP contribution in [0.3, 0.4) is 0 Å². The summed E-state index contributed by atoms with van der Waals surface area (Å²) in [5, 5.41) is 0.760. The fourth-order valence-corrected chi connectivity index (χ4v) is 4.05. The number of nitrogens with two attached hydrogens (primary N) is 1. The van der Waals surface area contributed by atoms with Crippen LogP contribution < -0.4 is 5.73 Å². The maximum absolute atomic E-state index is 13.7. The van der Waals surface area contributed by atoms with Gasteiger partial charge in [0.25, 0.3) is 5.91 Å². The number of carbonyl (C=O) groups is 1. The summed E-state index contributed by atoms with van der Waals surface area (Å²) in [6.07, 6.45) is -4.08. The van der Waals surface area contributed by atoms with Gasteiger partial charge in [-0.2, -0.15) is 13.2 Å². The number of pyridine rings is 2. The van der Waals surface area contributed by atoms with Crippen LogP contribution in [0, 0.1) is 0 Å². The van der Waals surface area contributed by atoms with E-state index in [9.17, 15) is 18.0 Å². The Morgan fingerprint density at radius 2 is 1.97 bits per heavy atom. The Morgan fingerprint density at radius 3 is 2.63 bits per heavy atom. The van der Waals surface area contributed by atoms with Crippen molar-refractivity contribution in [3.05, 3.63) is 64.5 Å². The molecular weight excluding hydrogens is 465 g/mol. The van der Waals surface area contributed by atoms with E-state index < -0.39 is 18.0 Å². The van der Waals surface area contributed by atoms with Gasteiger partial charge in [0.05, 0.1) is 43.1 Å². The average molecular weight is 490 g/mol. The van der Waals surface area contributed by atoms with Crippen molar-refractivity contribution >= 4 is 22.6 Å². The molecule has 186 valence electrons. The average Bonchev–Trinajstić information content (AvgIpc) is 3.34. The van der Waals surface area contributed by atoms with Gasteiger partial charge < -0.3 is 24.8 Å². The van der Waals surface area contributed by atoms with Gasteiger partial charge in [-0.3, -0.25) is 9.78 Å². The number of fused-ring (bicyclic) bond motifs is 3. The number of anilines is 1. The minimum atomic E-state index is -4.50. The molecule has 1 aliphatic heterocycles. The molecule has 1 atom stereocenters. The number of hydrogen-bond acceptors (Lipinski definition) is 7. The van der Waals surface area contributed by atoms with Crippen LogP contribution in [0.25, 0.3) is 10.9 Å². The maximum Gasteiger partial charge on any atom is 0.417 e. The van der Waals surface area contributed by atoms with Crippen LogP contribution >= 0.6 is 0 Å². The van der Waals surface area contributed by atoms with E-state index in [1.165, 1.54) is 25.2 Å². The molecule has 0 saturated carbocycles. The van der Waals surface area contributed by atoms with Gasteiger partial charge >= 0.3 is 6.18 Å². The number of nitrogens with zero attached hydrogens (tertiary/aromatic N) is 3. The molecule has 1 amide bonds. The quantitative estimate of drug-likeness (QED) is 0.478. The number of hydrogen-bond donors (Lipinski definition) is 1. The zero-order valence-electron chi connectivity index (χ0n) is 19.3. The highest BCUT2D eigenvalue weighted by molar-refractivity contribution is 5.99. The molecule has 8 nitrogen and oxygen atoms in total. The number of aromatic nitrogens is 2. The zero-order valence-corrected chi connectivity index (χ0v) is 19.3. The minimum absolute atomic E-state index is 0.0571. The zero-order chi connectivity index (χ0) is 25.2. The smallest absolute Gasteiger partial charge is 0.385 e. The van der Waals surface area contributed by atoms with Crippen LogP contribution in [0.1, 0.15) is 39.2 Å². The number of halogens is 3. The standard InChI is InChI=1S/C24H25F3N4O4/c1-33-8-7-21(34-2)31(11-16-5-4-15(10-29-16)24(25,26)27)23(32)14-3-6-20-17(9-14)18-12-35-13-19(18)22(28)30-20/h3-6,9-10,21H,7-8,11-13H2,1-2H3,(H2,28,30). The normalized spacial score (nSPS) is 14.2. The third-order valence-corrected chi connectivity index (χ3v) is 5.91. The molecule has 1 unspecified atom stereocenters. The molecule has 1 aromatic carbocycles. The van der Waals surface area contributed by atoms with E-state index in [1.807, 2.05) is 0 Å². The molecule has 4 rings (SSSR count). The van der Waals surface area contributed by atoms with Crippen molar-refractivity contribution < 1.29 is 32.2 Å². The van der Waals surface area contributed by atoms with Crippen LogP contribution in [0.5, 0.6) is 0 Å². The Balaban J connectivity index is 1.69. The lowest BCUT2D eigenvalue weighted by atomic mass is 10.0. The molecule has 0 spiro atoms. The Labute approximate surface area is 199 Å². The fraction of sp³-hybridized carbons (Fsp3) is 0.375. The lowest BCUT2D eigenvalue weighted by Crippen LogP contribution is -2.42. The topological polar surface area (TPSA) is 99.8 Å². The first-order valence-corrected chi connectivity index (χ1v) is 10.9. The van der Waals surface area contributed by atoms with Crippen molar-refractivity contribution in [1.29, 1.82) is 0 Å². The summed E-state index contributed by atoms with van der Waals surface area (Å²) >= 11 is 0. The molecule has 0 aliphatic carbocycles. The molecule has 35 heavy (non-hydrogen) atoms. The largest absolute Gasteiger partial charge is 0.417 e. The van der Waals surface area contributed by atoms with Crippen molar-refractivity contribution in [3.63, 3.8) is 0 Å². The Morgan fingerprint density at radius 1 is 1.20 bits per heavy atom. The highest BCUT2D eigenvalue weighted by Gasteiger charge is 2.31. The predicted molar refractivity (Wildman–Crippen MR) is 121 cm³/mol.